The number of carbonyl (C=O) groups is 2. The highest BCUT2D eigenvalue weighted by molar-refractivity contribution is 7.13. The first-order valence-electron chi connectivity index (χ1n) is 9.55. The number of rotatable bonds is 4. The van der Waals surface area contributed by atoms with Crippen molar-refractivity contribution in [3.8, 4) is 0 Å². The van der Waals surface area contributed by atoms with E-state index in [0.717, 1.165) is 35.4 Å². The molecule has 0 aliphatic carbocycles. The van der Waals surface area contributed by atoms with Crippen molar-refractivity contribution in [2.75, 3.05) is 17.2 Å². The van der Waals surface area contributed by atoms with Gasteiger partial charge in [-0.05, 0) is 49.6 Å². The second kappa shape index (κ2) is 8.58. The fourth-order valence-corrected chi connectivity index (χ4v) is 4.26. The molecule has 2 aromatic carbocycles. The topological polar surface area (TPSA) is 87.2 Å². The maximum absolute atomic E-state index is 13.3. The number of likely N-dealkylation sites (tertiary alicyclic amines) is 1. The van der Waals surface area contributed by atoms with Gasteiger partial charge in [-0.1, -0.05) is 35.6 Å². The van der Waals surface area contributed by atoms with Crippen molar-refractivity contribution >= 4 is 34.6 Å². The van der Waals surface area contributed by atoms with E-state index in [4.69, 9.17) is 0 Å². The number of hydrogen-bond acceptors (Lipinski definition) is 5. The Morgan fingerprint density at radius 2 is 1.97 bits per heavy atom. The summed E-state index contributed by atoms with van der Waals surface area (Å²) >= 11 is 1.14. The van der Waals surface area contributed by atoms with Crippen LogP contribution in [0.2, 0.25) is 0 Å². The second-order valence-corrected chi connectivity index (χ2v) is 8.02. The number of nitrogens with one attached hydrogen (secondary N) is 2. The Kier molecular flexibility index (Phi) is 5.71. The van der Waals surface area contributed by atoms with Gasteiger partial charge < -0.3 is 15.5 Å². The van der Waals surface area contributed by atoms with Gasteiger partial charge in [-0.3, -0.25) is 4.79 Å². The van der Waals surface area contributed by atoms with Crippen molar-refractivity contribution < 1.29 is 14.0 Å². The monoisotopic (exact) mass is 425 g/mol. The first kappa shape index (κ1) is 20.0. The molecular weight excluding hydrogens is 405 g/mol. The van der Waals surface area contributed by atoms with Crippen LogP contribution in [0.4, 0.5) is 20.6 Å². The third-order valence-electron chi connectivity index (χ3n) is 4.90. The summed E-state index contributed by atoms with van der Waals surface area (Å²) in [5, 5.41) is 14.5. The summed E-state index contributed by atoms with van der Waals surface area (Å²) in [6, 6.07) is 12.8. The highest BCUT2D eigenvalue weighted by atomic mass is 32.1. The third-order valence-corrected chi connectivity index (χ3v) is 5.93. The van der Waals surface area contributed by atoms with Crippen LogP contribution in [-0.4, -0.2) is 33.6 Å². The normalized spacial score (nSPS) is 15.8. The quantitative estimate of drug-likeness (QED) is 0.639. The van der Waals surface area contributed by atoms with E-state index in [-0.39, 0.29) is 17.1 Å². The zero-order valence-corrected chi connectivity index (χ0v) is 17.1. The van der Waals surface area contributed by atoms with E-state index in [9.17, 15) is 14.0 Å². The molecule has 30 heavy (non-hydrogen) atoms. The van der Waals surface area contributed by atoms with Gasteiger partial charge in [-0.15, -0.1) is 10.2 Å². The van der Waals surface area contributed by atoms with Crippen molar-refractivity contribution in [3.63, 3.8) is 0 Å². The van der Waals surface area contributed by atoms with E-state index in [1.807, 2.05) is 31.2 Å². The number of anilines is 2. The Hall–Kier alpha value is -3.33. The van der Waals surface area contributed by atoms with E-state index in [1.165, 1.54) is 18.2 Å². The smallest absolute Gasteiger partial charge is 0.320 e. The Bertz CT molecular complexity index is 1090. The summed E-state index contributed by atoms with van der Waals surface area (Å²) in [7, 11) is 0. The van der Waals surface area contributed by atoms with Crippen molar-refractivity contribution in [1.82, 2.24) is 15.1 Å². The molecule has 0 radical (unpaired) electrons. The Balaban J connectivity index is 1.46. The zero-order chi connectivity index (χ0) is 21.1. The molecule has 3 amide bonds. The lowest BCUT2D eigenvalue weighted by Crippen LogP contribution is -2.34. The van der Waals surface area contributed by atoms with Crippen LogP contribution in [0, 0.1) is 12.7 Å². The molecule has 2 heterocycles. The molecule has 154 valence electrons. The molecule has 1 aliphatic rings. The van der Waals surface area contributed by atoms with Crippen LogP contribution in [-0.2, 0) is 0 Å². The first-order valence-corrected chi connectivity index (χ1v) is 10.4. The fourth-order valence-electron chi connectivity index (χ4n) is 3.38. The third kappa shape index (κ3) is 4.30. The maximum Gasteiger partial charge on any atom is 0.322 e. The van der Waals surface area contributed by atoms with Gasteiger partial charge in [0.15, 0.2) is 0 Å². The largest absolute Gasteiger partial charge is 0.322 e. The highest BCUT2D eigenvalue weighted by Crippen LogP contribution is 2.34. The van der Waals surface area contributed by atoms with E-state index in [1.54, 1.807) is 11.0 Å². The van der Waals surface area contributed by atoms with Crippen molar-refractivity contribution in [2.45, 2.75) is 25.8 Å². The van der Waals surface area contributed by atoms with Crippen LogP contribution in [0.5, 0.6) is 0 Å². The molecule has 9 heteroatoms. The summed E-state index contributed by atoms with van der Waals surface area (Å²) in [6.45, 7) is 2.54. The molecule has 2 N–H and O–H groups in total. The SMILES string of the molecule is Cc1ccccc1NC(=O)N1CCC[C@@H]1c1nnc(C(=O)Nc2cccc(F)c2)s1. The molecule has 1 aliphatic heterocycles. The second-order valence-electron chi connectivity index (χ2n) is 7.01. The predicted octanol–water partition coefficient (Wildman–Crippen LogP) is 4.61. The standard InChI is InChI=1S/C21H20FN5O2S/c1-13-6-2-3-9-16(13)24-21(29)27-11-5-10-17(27)19-25-26-20(30-19)18(28)23-15-8-4-7-14(22)12-15/h2-4,6-9,12,17H,5,10-11H2,1H3,(H,23,28)(H,24,29)/t17-/m1/s1. The highest BCUT2D eigenvalue weighted by Gasteiger charge is 2.33. The number of urea groups is 1. The van der Waals surface area contributed by atoms with Crippen LogP contribution >= 0.6 is 11.3 Å². The van der Waals surface area contributed by atoms with Crippen LogP contribution in [0.15, 0.2) is 48.5 Å². The number of aromatic nitrogens is 2. The number of nitrogens with zero attached hydrogens (tertiary/aromatic N) is 3. The van der Waals surface area contributed by atoms with Crippen LogP contribution in [0.3, 0.4) is 0 Å². The predicted molar refractivity (Wildman–Crippen MR) is 113 cm³/mol. The number of amides is 3. The summed E-state index contributed by atoms with van der Waals surface area (Å²) in [5.41, 5.74) is 2.09. The zero-order valence-electron chi connectivity index (χ0n) is 16.3. The van der Waals surface area contributed by atoms with Gasteiger partial charge in [0, 0.05) is 17.9 Å². The van der Waals surface area contributed by atoms with Gasteiger partial charge in [0.05, 0.1) is 6.04 Å². The summed E-state index contributed by atoms with van der Waals surface area (Å²) in [4.78, 5) is 27.0. The lowest BCUT2D eigenvalue weighted by atomic mass is 10.2. The van der Waals surface area contributed by atoms with Gasteiger partial charge >= 0.3 is 6.03 Å². The van der Waals surface area contributed by atoms with Crippen molar-refractivity contribution in [1.29, 1.82) is 0 Å². The number of carbonyl (C=O) groups excluding carboxylic acids is 2. The minimum atomic E-state index is -0.460. The maximum atomic E-state index is 13.3. The summed E-state index contributed by atoms with van der Waals surface area (Å²) in [6.07, 6.45) is 1.59. The minimum absolute atomic E-state index is 0.167. The van der Waals surface area contributed by atoms with Crippen LogP contribution < -0.4 is 10.6 Å². The molecule has 1 aromatic heterocycles. The minimum Gasteiger partial charge on any atom is -0.320 e. The molecule has 0 spiro atoms. The molecule has 0 bridgehead atoms. The lowest BCUT2D eigenvalue weighted by Gasteiger charge is -2.23. The molecule has 7 nitrogen and oxygen atoms in total. The Morgan fingerprint density at radius 1 is 1.13 bits per heavy atom. The molecule has 1 saturated heterocycles. The van der Waals surface area contributed by atoms with E-state index < -0.39 is 11.7 Å². The average Bonchev–Trinajstić information content (AvgIpc) is 3.39. The van der Waals surface area contributed by atoms with Crippen LogP contribution in [0.25, 0.3) is 0 Å². The van der Waals surface area contributed by atoms with E-state index >= 15 is 0 Å². The molecule has 3 aromatic rings. The molecule has 0 unspecified atom stereocenters. The summed E-state index contributed by atoms with van der Waals surface area (Å²) < 4.78 is 13.3. The average molecular weight is 425 g/mol. The van der Waals surface area contributed by atoms with Gasteiger partial charge in [-0.2, -0.15) is 0 Å². The van der Waals surface area contributed by atoms with E-state index in [2.05, 4.69) is 20.8 Å². The number of aryl methyl sites for hydroxylation is 1. The van der Waals surface area contributed by atoms with Gasteiger partial charge in [0.25, 0.3) is 5.91 Å². The lowest BCUT2D eigenvalue weighted by molar-refractivity contribution is 0.102. The van der Waals surface area contributed by atoms with E-state index in [0.29, 0.717) is 17.2 Å². The summed E-state index contributed by atoms with van der Waals surface area (Å²) in [5.74, 6) is -0.898. The van der Waals surface area contributed by atoms with Crippen molar-refractivity contribution in [2.24, 2.45) is 0 Å². The molecule has 1 atom stereocenters. The number of para-hydroxylation sites is 1. The molecule has 0 saturated carbocycles. The van der Waals surface area contributed by atoms with Gasteiger partial charge in [0.2, 0.25) is 5.01 Å². The molecular formula is C21H20FN5O2S. The number of hydrogen-bond donors (Lipinski definition) is 2. The van der Waals surface area contributed by atoms with Crippen LogP contribution in [0.1, 0.15) is 39.3 Å². The first-order chi connectivity index (χ1) is 14.5. The van der Waals surface area contributed by atoms with Crippen molar-refractivity contribution in [3.05, 3.63) is 69.9 Å². The van der Waals surface area contributed by atoms with Gasteiger partial charge in [-0.25, -0.2) is 9.18 Å². The fraction of sp³-hybridized carbons (Fsp3) is 0.238. The Labute approximate surface area is 176 Å². The molecule has 1 fully saturated rings. The van der Waals surface area contributed by atoms with Gasteiger partial charge in [0.1, 0.15) is 10.8 Å². The Morgan fingerprint density at radius 3 is 2.77 bits per heavy atom. The number of benzene rings is 2. The molecule has 4 rings (SSSR count). The number of halogens is 1.